The van der Waals surface area contributed by atoms with Gasteiger partial charge in [-0.05, 0) is 45.2 Å². The molecule has 2 aliphatic rings. The lowest BCUT2D eigenvalue weighted by Gasteiger charge is -2.30. The SMILES string of the molecule is CN(C)CC=CCN1CC(C2C=CC=CC2)CCCC1Cl. The van der Waals surface area contributed by atoms with Crippen LogP contribution in [-0.4, -0.2) is 49.0 Å². The van der Waals surface area contributed by atoms with Crippen LogP contribution < -0.4 is 0 Å². The quantitative estimate of drug-likeness (QED) is 0.432. The van der Waals surface area contributed by atoms with E-state index in [1.807, 2.05) is 0 Å². The van der Waals surface area contributed by atoms with E-state index in [1.54, 1.807) is 0 Å². The summed E-state index contributed by atoms with van der Waals surface area (Å²) in [5.74, 6) is 1.45. The fraction of sp³-hybridized carbons (Fsp3) is 0.667. The third-order valence-corrected chi connectivity index (χ3v) is 4.97. The van der Waals surface area contributed by atoms with E-state index in [9.17, 15) is 0 Å². The van der Waals surface area contributed by atoms with E-state index < -0.39 is 0 Å². The molecule has 0 aromatic heterocycles. The molecule has 0 amide bonds. The molecule has 0 aromatic carbocycles. The predicted molar refractivity (Wildman–Crippen MR) is 92.6 cm³/mol. The maximum atomic E-state index is 6.58. The first kappa shape index (κ1) is 16.8. The van der Waals surface area contributed by atoms with Crippen LogP contribution in [0.5, 0.6) is 0 Å². The van der Waals surface area contributed by atoms with Crippen LogP contribution in [0.15, 0.2) is 36.5 Å². The highest BCUT2D eigenvalue weighted by atomic mass is 35.5. The highest BCUT2D eigenvalue weighted by Gasteiger charge is 2.27. The van der Waals surface area contributed by atoms with Crippen molar-refractivity contribution in [2.75, 3.05) is 33.7 Å². The zero-order chi connectivity index (χ0) is 15.1. The lowest BCUT2D eigenvalue weighted by Crippen LogP contribution is -2.35. The van der Waals surface area contributed by atoms with Crippen molar-refractivity contribution in [3.8, 4) is 0 Å². The van der Waals surface area contributed by atoms with Crippen molar-refractivity contribution in [3.05, 3.63) is 36.5 Å². The summed E-state index contributed by atoms with van der Waals surface area (Å²) in [6, 6.07) is 0. The van der Waals surface area contributed by atoms with Gasteiger partial charge in [-0.2, -0.15) is 0 Å². The molecule has 1 saturated heterocycles. The molecule has 0 saturated carbocycles. The molecule has 3 heteroatoms. The minimum absolute atomic E-state index is 0.196. The van der Waals surface area contributed by atoms with E-state index in [0.717, 1.165) is 32.0 Å². The number of rotatable bonds is 5. The van der Waals surface area contributed by atoms with Crippen molar-refractivity contribution < 1.29 is 0 Å². The van der Waals surface area contributed by atoms with Crippen LogP contribution in [0.3, 0.4) is 0 Å². The molecule has 21 heavy (non-hydrogen) atoms. The van der Waals surface area contributed by atoms with Gasteiger partial charge in [0.15, 0.2) is 0 Å². The Bertz CT molecular complexity index is 387. The molecule has 1 aliphatic carbocycles. The van der Waals surface area contributed by atoms with Gasteiger partial charge < -0.3 is 4.90 Å². The number of hydrogen-bond donors (Lipinski definition) is 0. The van der Waals surface area contributed by atoms with E-state index in [-0.39, 0.29) is 5.50 Å². The van der Waals surface area contributed by atoms with Crippen LogP contribution in [0.2, 0.25) is 0 Å². The van der Waals surface area contributed by atoms with E-state index in [0.29, 0.717) is 5.92 Å². The minimum Gasteiger partial charge on any atom is -0.306 e. The summed E-state index contributed by atoms with van der Waals surface area (Å²) in [4.78, 5) is 4.64. The maximum absolute atomic E-state index is 6.58. The van der Waals surface area contributed by atoms with Crippen molar-refractivity contribution in [3.63, 3.8) is 0 Å². The molecule has 2 nitrogen and oxygen atoms in total. The van der Waals surface area contributed by atoms with Crippen molar-refractivity contribution >= 4 is 11.6 Å². The molecular formula is C18H29ClN2. The second-order valence-corrected chi connectivity index (χ2v) is 7.03. The molecular weight excluding hydrogens is 280 g/mol. The summed E-state index contributed by atoms with van der Waals surface area (Å²) in [6.07, 6.45) is 18.5. The highest BCUT2D eigenvalue weighted by molar-refractivity contribution is 6.20. The van der Waals surface area contributed by atoms with Crippen LogP contribution in [0.4, 0.5) is 0 Å². The van der Waals surface area contributed by atoms with Gasteiger partial charge in [-0.1, -0.05) is 42.9 Å². The van der Waals surface area contributed by atoms with Crippen LogP contribution in [0.1, 0.15) is 25.7 Å². The van der Waals surface area contributed by atoms with E-state index in [2.05, 4.69) is 60.4 Å². The van der Waals surface area contributed by atoms with Gasteiger partial charge in [0.25, 0.3) is 0 Å². The molecule has 3 unspecified atom stereocenters. The monoisotopic (exact) mass is 308 g/mol. The normalized spacial score (nSPS) is 31.1. The highest BCUT2D eigenvalue weighted by Crippen LogP contribution is 2.31. The first-order chi connectivity index (χ1) is 10.2. The fourth-order valence-electron chi connectivity index (χ4n) is 3.22. The van der Waals surface area contributed by atoms with Gasteiger partial charge in [-0.15, -0.1) is 11.6 Å². The Morgan fingerprint density at radius 1 is 1.24 bits per heavy atom. The van der Waals surface area contributed by atoms with Gasteiger partial charge in [0.2, 0.25) is 0 Å². The van der Waals surface area contributed by atoms with E-state index in [4.69, 9.17) is 11.6 Å². The van der Waals surface area contributed by atoms with Crippen LogP contribution in [0.25, 0.3) is 0 Å². The summed E-state index contributed by atoms with van der Waals surface area (Å²) >= 11 is 6.58. The Morgan fingerprint density at radius 3 is 2.81 bits per heavy atom. The molecule has 3 atom stereocenters. The predicted octanol–water partition coefficient (Wildman–Crippen LogP) is 3.90. The van der Waals surface area contributed by atoms with Gasteiger partial charge in [0.05, 0.1) is 5.50 Å². The number of allylic oxidation sites excluding steroid dienone is 4. The first-order valence-corrected chi connectivity index (χ1v) is 8.61. The van der Waals surface area contributed by atoms with E-state index >= 15 is 0 Å². The number of likely N-dealkylation sites (tertiary alicyclic amines) is 1. The van der Waals surface area contributed by atoms with Gasteiger partial charge in [0, 0.05) is 19.6 Å². The molecule has 118 valence electrons. The summed E-state index contributed by atoms with van der Waals surface area (Å²) in [5, 5.41) is 0. The molecule has 1 fully saturated rings. The smallest absolute Gasteiger partial charge is 0.0853 e. The number of halogens is 1. The average molecular weight is 309 g/mol. The van der Waals surface area contributed by atoms with Crippen molar-refractivity contribution in [2.45, 2.75) is 31.2 Å². The first-order valence-electron chi connectivity index (χ1n) is 8.18. The number of likely N-dealkylation sites (N-methyl/N-ethyl adjacent to an activating group) is 1. The molecule has 1 heterocycles. The standard InChI is InChI=1S/C18H29ClN2/c1-20(2)13-6-7-14-21-15-17(11-8-12-18(21)19)16-9-4-3-5-10-16/h3-7,9,16-18H,8,10-15H2,1-2H3. The second kappa shape index (κ2) is 8.77. The molecule has 2 rings (SSSR count). The zero-order valence-electron chi connectivity index (χ0n) is 13.4. The van der Waals surface area contributed by atoms with E-state index in [1.165, 1.54) is 19.3 Å². The topological polar surface area (TPSA) is 6.48 Å². The summed E-state index contributed by atoms with van der Waals surface area (Å²) in [5.41, 5.74) is 0.196. The largest absolute Gasteiger partial charge is 0.306 e. The van der Waals surface area contributed by atoms with Crippen molar-refractivity contribution in [2.24, 2.45) is 11.8 Å². The van der Waals surface area contributed by atoms with Gasteiger partial charge in [-0.25, -0.2) is 0 Å². The second-order valence-electron chi connectivity index (χ2n) is 6.53. The van der Waals surface area contributed by atoms with Crippen molar-refractivity contribution in [1.29, 1.82) is 0 Å². The molecule has 0 bridgehead atoms. The zero-order valence-corrected chi connectivity index (χ0v) is 14.2. The number of nitrogens with zero attached hydrogens (tertiary/aromatic N) is 2. The number of alkyl halides is 1. The fourth-order valence-corrected chi connectivity index (χ4v) is 3.53. The lowest BCUT2D eigenvalue weighted by atomic mass is 9.84. The van der Waals surface area contributed by atoms with Crippen LogP contribution in [-0.2, 0) is 0 Å². The summed E-state index contributed by atoms with van der Waals surface area (Å²) in [6.45, 7) is 3.11. The minimum atomic E-state index is 0.196. The van der Waals surface area contributed by atoms with Crippen molar-refractivity contribution in [1.82, 2.24) is 9.80 Å². The summed E-state index contributed by atoms with van der Waals surface area (Å²) < 4.78 is 0. The van der Waals surface area contributed by atoms with Crippen LogP contribution >= 0.6 is 11.6 Å². The van der Waals surface area contributed by atoms with Gasteiger partial charge >= 0.3 is 0 Å². The summed E-state index contributed by atoms with van der Waals surface area (Å²) in [7, 11) is 4.19. The maximum Gasteiger partial charge on any atom is 0.0853 e. The Hall–Kier alpha value is -0.570. The Labute approximate surface area is 135 Å². The lowest BCUT2D eigenvalue weighted by molar-refractivity contribution is 0.223. The molecule has 0 spiro atoms. The number of hydrogen-bond acceptors (Lipinski definition) is 2. The Morgan fingerprint density at radius 2 is 2.10 bits per heavy atom. The van der Waals surface area contributed by atoms with Gasteiger partial charge in [-0.3, -0.25) is 4.90 Å². The molecule has 0 radical (unpaired) electrons. The third kappa shape index (κ3) is 5.61. The molecule has 1 aliphatic heterocycles. The average Bonchev–Trinajstić information content (AvgIpc) is 2.66. The van der Waals surface area contributed by atoms with Gasteiger partial charge in [0.1, 0.15) is 0 Å². The third-order valence-electron chi connectivity index (χ3n) is 4.48. The Kier molecular flexibility index (Phi) is 7.01. The molecule has 0 N–H and O–H groups in total. The van der Waals surface area contributed by atoms with Crippen LogP contribution in [0, 0.1) is 11.8 Å². The molecule has 0 aromatic rings. The Balaban J connectivity index is 1.89.